The summed E-state index contributed by atoms with van der Waals surface area (Å²) in [5, 5.41) is 16.4. The van der Waals surface area contributed by atoms with Crippen LogP contribution in [0.2, 0.25) is 0 Å². The molecule has 1 amide bonds. The second-order valence-electron chi connectivity index (χ2n) is 5.38. The van der Waals surface area contributed by atoms with E-state index in [0.29, 0.717) is 28.4 Å². The second kappa shape index (κ2) is 8.07. The van der Waals surface area contributed by atoms with Gasteiger partial charge in [0.1, 0.15) is 0 Å². The summed E-state index contributed by atoms with van der Waals surface area (Å²) in [5.41, 5.74) is 0.881. The summed E-state index contributed by atoms with van der Waals surface area (Å²) < 4.78 is 7.32. The van der Waals surface area contributed by atoms with Crippen LogP contribution in [-0.4, -0.2) is 31.4 Å². The molecule has 4 aromatic rings. The number of anilines is 1. The molecule has 0 unspecified atom stereocenters. The van der Waals surface area contributed by atoms with Gasteiger partial charge in [-0.3, -0.25) is 9.36 Å². The molecule has 4 aromatic heterocycles. The van der Waals surface area contributed by atoms with E-state index in [1.165, 1.54) is 23.1 Å². The van der Waals surface area contributed by atoms with E-state index in [1.54, 1.807) is 17.6 Å². The predicted molar refractivity (Wildman–Crippen MR) is 108 cm³/mol. The van der Waals surface area contributed by atoms with Gasteiger partial charge in [-0.2, -0.15) is 0 Å². The van der Waals surface area contributed by atoms with E-state index in [1.807, 2.05) is 46.5 Å². The van der Waals surface area contributed by atoms with E-state index >= 15 is 0 Å². The highest BCUT2D eigenvalue weighted by molar-refractivity contribution is 7.99. The van der Waals surface area contributed by atoms with Crippen molar-refractivity contribution in [2.24, 2.45) is 0 Å². The number of thioether (sulfide) groups is 1. The van der Waals surface area contributed by atoms with Gasteiger partial charge in [0.2, 0.25) is 5.91 Å². The summed E-state index contributed by atoms with van der Waals surface area (Å²) in [7, 11) is 0. The van der Waals surface area contributed by atoms with Crippen molar-refractivity contribution >= 4 is 45.5 Å². The molecule has 0 fully saturated rings. The monoisotopic (exact) mass is 417 g/mol. The Morgan fingerprint density at radius 2 is 2.22 bits per heavy atom. The Balaban J connectivity index is 1.38. The first kappa shape index (κ1) is 18.0. The topological polar surface area (TPSA) is 85.8 Å². The molecule has 0 saturated heterocycles. The second-order valence-corrected chi connectivity index (χ2v) is 8.13. The van der Waals surface area contributed by atoms with E-state index < -0.39 is 0 Å². The van der Waals surface area contributed by atoms with Gasteiger partial charge >= 0.3 is 0 Å². The van der Waals surface area contributed by atoms with E-state index in [9.17, 15) is 4.79 Å². The summed E-state index contributed by atoms with van der Waals surface area (Å²) in [6.45, 7) is 2.69. The van der Waals surface area contributed by atoms with Crippen molar-refractivity contribution in [2.75, 3.05) is 11.1 Å². The number of aromatic nitrogens is 4. The number of hydrogen-bond donors (Lipinski definition) is 1. The molecule has 0 spiro atoms. The number of carbonyl (C=O) groups excluding carboxylic acids is 1. The van der Waals surface area contributed by atoms with Crippen molar-refractivity contribution in [2.45, 2.75) is 18.6 Å². The maximum atomic E-state index is 12.3. The molecule has 138 valence electrons. The summed E-state index contributed by atoms with van der Waals surface area (Å²) in [5.74, 6) is 1.41. The minimum absolute atomic E-state index is 0.128. The largest absolute Gasteiger partial charge is 0.461 e. The molecule has 0 aromatic carbocycles. The molecule has 0 radical (unpaired) electrons. The third-order valence-corrected chi connectivity index (χ3v) is 6.25. The van der Waals surface area contributed by atoms with Crippen LogP contribution in [0.5, 0.6) is 0 Å². The quantitative estimate of drug-likeness (QED) is 0.446. The number of rotatable bonds is 7. The predicted octanol–water partition coefficient (Wildman–Crippen LogP) is 4.47. The van der Waals surface area contributed by atoms with Gasteiger partial charge in [0.15, 0.2) is 21.9 Å². The maximum Gasteiger partial charge on any atom is 0.236 e. The van der Waals surface area contributed by atoms with Crippen LogP contribution in [0.1, 0.15) is 6.92 Å². The Morgan fingerprint density at radius 3 is 2.96 bits per heavy atom. The smallest absolute Gasteiger partial charge is 0.236 e. The number of thiazole rings is 1. The Hall–Kier alpha value is -2.43. The van der Waals surface area contributed by atoms with Crippen LogP contribution in [0.3, 0.4) is 0 Å². The zero-order valence-electron chi connectivity index (χ0n) is 14.3. The van der Waals surface area contributed by atoms with Gasteiger partial charge in [-0.1, -0.05) is 17.8 Å². The number of amides is 1. The molecule has 1 N–H and O–H groups in total. The van der Waals surface area contributed by atoms with E-state index in [-0.39, 0.29) is 11.7 Å². The van der Waals surface area contributed by atoms with Crippen LogP contribution in [-0.2, 0) is 11.3 Å². The fraction of sp³-hybridized carbons (Fsp3) is 0.176. The normalized spacial score (nSPS) is 11.0. The molecule has 4 heterocycles. The SMILES string of the molecule is CCn1c(SCC(=O)Nc2nc(-c3cccs3)cs2)nnc1-c1ccco1. The maximum absolute atomic E-state index is 12.3. The van der Waals surface area contributed by atoms with E-state index in [0.717, 1.165) is 10.6 Å². The van der Waals surface area contributed by atoms with Crippen LogP contribution in [0.4, 0.5) is 5.13 Å². The zero-order chi connectivity index (χ0) is 18.6. The van der Waals surface area contributed by atoms with Gasteiger partial charge in [0, 0.05) is 11.9 Å². The van der Waals surface area contributed by atoms with Crippen molar-refractivity contribution in [3.63, 3.8) is 0 Å². The first-order valence-corrected chi connectivity index (χ1v) is 10.9. The Morgan fingerprint density at radius 1 is 1.30 bits per heavy atom. The van der Waals surface area contributed by atoms with Crippen LogP contribution in [0.15, 0.2) is 50.9 Å². The van der Waals surface area contributed by atoms with Gasteiger partial charge < -0.3 is 9.73 Å². The Labute approximate surface area is 167 Å². The molecule has 0 saturated carbocycles. The Bertz CT molecular complexity index is 1020. The van der Waals surface area contributed by atoms with Crippen molar-refractivity contribution in [3.8, 4) is 22.2 Å². The van der Waals surface area contributed by atoms with Crippen LogP contribution in [0, 0.1) is 0 Å². The average Bonchev–Trinajstić information content (AvgIpc) is 3.46. The summed E-state index contributed by atoms with van der Waals surface area (Å²) in [6.07, 6.45) is 1.60. The van der Waals surface area contributed by atoms with Crippen molar-refractivity contribution in [1.29, 1.82) is 0 Å². The molecule has 27 heavy (non-hydrogen) atoms. The lowest BCUT2D eigenvalue weighted by molar-refractivity contribution is -0.113. The van der Waals surface area contributed by atoms with Gasteiger partial charge in [-0.15, -0.1) is 32.9 Å². The first-order valence-electron chi connectivity index (χ1n) is 8.13. The molecular weight excluding hydrogens is 402 g/mol. The van der Waals surface area contributed by atoms with Crippen molar-refractivity contribution in [3.05, 3.63) is 41.3 Å². The Kier molecular flexibility index (Phi) is 5.37. The molecule has 7 nitrogen and oxygen atoms in total. The van der Waals surface area contributed by atoms with Gasteiger partial charge in [0.05, 0.1) is 22.6 Å². The summed E-state index contributed by atoms with van der Waals surface area (Å²) >= 11 is 4.38. The minimum atomic E-state index is -0.128. The van der Waals surface area contributed by atoms with Crippen LogP contribution < -0.4 is 5.32 Å². The first-order chi connectivity index (χ1) is 13.2. The lowest BCUT2D eigenvalue weighted by Gasteiger charge is -2.05. The molecule has 0 bridgehead atoms. The third-order valence-electron chi connectivity index (χ3n) is 3.63. The fourth-order valence-electron chi connectivity index (χ4n) is 2.42. The number of thiophene rings is 1. The van der Waals surface area contributed by atoms with Gasteiger partial charge in [-0.25, -0.2) is 4.98 Å². The average molecular weight is 418 g/mol. The number of nitrogens with zero attached hydrogens (tertiary/aromatic N) is 4. The number of carbonyl (C=O) groups is 1. The standard InChI is InChI=1S/C17H15N5O2S3/c1-2-22-15(12-5-3-7-24-12)20-21-17(22)27-10-14(23)19-16-18-11(9-26-16)13-6-4-8-25-13/h3-9H,2,10H2,1H3,(H,18,19,23). The van der Waals surface area contributed by atoms with E-state index in [4.69, 9.17) is 4.42 Å². The highest BCUT2D eigenvalue weighted by Gasteiger charge is 2.16. The number of hydrogen-bond acceptors (Lipinski definition) is 8. The van der Waals surface area contributed by atoms with E-state index in [2.05, 4.69) is 20.5 Å². The molecule has 0 atom stereocenters. The van der Waals surface area contributed by atoms with Gasteiger partial charge in [-0.05, 0) is 30.5 Å². The minimum Gasteiger partial charge on any atom is -0.461 e. The summed E-state index contributed by atoms with van der Waals surface area (Å²) in [6, 6.07) is 7.64. The van der Waals surface area contributed by atoms with Crippen molar-refractivity contribution in [1.82, 2.24) is 19.7 Å². The molecule has 10 heteroatoms. The molecule has 4 rings (SSSR count). The molecule has 0 aliphatic carbocycles. The number of nitrogens with one attached hydrogen (secondary N) is 1. The third kappa shape index (κ3) is 3.97. The van der Waals surface area contributed by atoms with Crippen molar-refractivity contribution < 1.29 is 9.21 Å². The van der Waals surface area contributed by atoms with Crippen LogP contribution in [0.25, 0.3) is 22.2 Å². The highest BCUT2D eigenvalue weighted by Crippen LogP contribution is 2.29. The lowest BCUT2D eigenvalue weighted by atomic mass is 10.4. The highest BCUT2D eigenvalue weighted by atomic mass is 32.2. The van der Waals surface area contributed by atoms with Gasteiger partial charge in [0.25, 0.3) is 0 Å². The molecule has 0 aliphatic rings. The fourth-order valence-corrected chi connectivity index (χ4v) is 4.71. The van der Waals surface area contributed by atoms with Crippen LogP contribution >= 0.6 is 34.4 Å². The molecule has 0 aliphatic heterocycles. The number of furan rings is 1. The lowest BCUT2D eigenvalue weighted by Crippen LogP contribution is -2.14. The zero-order valence-corrected chi connectivity index (χ0v) is 16.7. The molecular formula is C17H15N5O2S3. The summed E-state index contributed by atoms with van der Waals surface area (Å²) in [4.78, 5) is 17.8.